The lowest BCUT2D eigenvalue weighted by atomic mass is 10.2. The number of hydrogen-bond acceptors (Lipinski definition) is 5. The number of nitrogens with one attached hydrogen (secondary N) is 1. The Bertz CT molecular complexity index is 683. The lowest BCUT2D eigenvalue weighted by Crippen LogP contribution is -2.33. The number of hydrogen-bond donors (Lipinski definition) is 2. The van der Waals surface area contributed by atoms with Crippen LogP contribution in [0.2, 0.25) is 0 Å². The van der Waals surface area contributed by atoms with Crippen molar-refractivity contribution in [2.24, 2.45) is 5.73 Å². The molecule has 0 aromatic heterocycles. The predicted molar refractivity (Wildman–Crippen MR) is 92.5 cm³/mol. The van der Waals surface area contributed by atoms with Crippen molar-refractivity contribution in [1.29, 1.82) is 0 Å². The van der Waals surface area contributed by atoms with E-state index in [0.717, 1.165) is 25.7 Å². The van der Waals surface area contributed by atoms with Crippen LogP contribution in [-0.2, 0) is 14.8 Å². The molecule has 134 valence electrons. The third-order valence-electron chi connectivity index (χ3n) is 4.17. The molecule has 0 radical (unpaired) electrons. The Morgan fingerprint density at radius 3 is 2.42 bits per heavy atom. The van der Waals surface area contributed by atoms with Gasteiger partial charge < -0.3 is 15.8 Å². The van der Waals surface area contributed by atoms with Crippen LogP contribution in [0.4, 0.5) is 5.69 Å². The molecule has 1 fully saturated rings. The molecule has 1 heterocycles. The smallest absolute Gasteiger partial charge is 0.243 e. The van der Waals surface area contributed by atoms with Gasteiger partial charge in [-0.25, -0.2) is 8.42 Å². The highest BCUT2D eigenvalue weighted by molar-refractivity contribution is 7.89. The van der Waals surface area contributed by atoms with E-state index >= 15 is 0 Å². The molecular weight excluding hydrogens is 330 g/mol. The van der Waals surface area contributed by atoms with Crippen LogP contribution in [0.15, 0.2) is 23.1 Å². The number of rotatable bonds is 6. The maximum Gasteiger partial charge on any atom is 0.243 e. The SMILES string of the molecule is COc1ccc(S(=O)(=O)N2CCCCCC2)cc1NC(C)C(N)=O. The van der Waals surface area contributed by atoms with E-state index in [9.17, 15) is 13.2 Å². The van der Waals surface area contributed by atoms with E-state index < -0.39 is 22.0 Å². The van der Waals surface area contributed by atoms with Gasteiger partial charge in [-0.2, -0.15) is 4.31 Å². The van der Waals surface area contributed by atoms with Gasteiger partial charge in [0.2, 0.25) is 15.9 Å². The molecule has 0 spiro atoms. The molecule has 1 aromatic rings. The van der Waals surface area contributed by atoms with Gasteiger partial charge in [-0.05, 0) is 38.0 Å². The second kappa shape index (κ2) is 7.85. The molecule has 0 aliphatic carbocycles. The largest absolute Gasteiger partial charge is 0.495 e. The first kappa shape index (κ1) is 18.5. The van der Waals surface area contributed by atoms with Gasteiger partial charge >= 0.3 is 0 Å². The van der Waals surface area contributed by atoms with Gasteiger partial charge in [0.15, 0.2) is 0 Å². The summed E-state index contributed by atoms with van der Waals surface area (Å²) in [6, 6.07) is 3.97. The molecule has 0 bridgehead atoms. The monoisotopic (exact) mass is 355 g/mol. The quantitative estimate of drug-likeness (QED) is 0.806. The lowest BCUT2D eigenvalue weighted by Gasteiger charge is -2.21. The molecule has 0 saturated carbocycles. The Labute approximate surface area is 143 Å². The van der Waals surface area contributed by atoms with Crippen molar-refractivity contribution >= 4 is 21.6 Å². The molecule has 3 N–H and O–H groups in total. The number of methoxy groups -OCH3 is 1. The van der Waals surface area contributed by atoms with Crippen molar-refractivity contribution in [2.75, 3.05) is 25.5 Å². The molecule has 1 saturated heterocycles. The summed E-state index contributed by atoms with van der Waals surface area (Å²) in [5.74, 6) is -0.0734. The van der Waals surface area contributed by atoms with Gasteiger partial charge in [0.25, 0.3) is 0 Å². The number of ether oxygens (including phenoxy) is 1. The molecule has 1 amide bonds. The average molecular weight is 355 g/mol. The van der Waals surface area contributed by atoms with E-state index in [0.29, 0.717) is 24.5 Å². The number of primary amides is 1. The second-order valence-corrected chi connectivity index (χ2v) is 7.89. The summed E-state index contributed by atoms with van der Waals surface area (Å²) in [5.41, 5.74) is 5.70. The van der Waals surface area contributed by atoms with Crippen LogP contribution in [-0.4, -0.2) is 44.9 Å². The number of anilines is 1. The number of nitrogens with zero attached hydrogens (tertiary/aromatic N) is 1. The number of carbonyl (C=O) groups is 1. The Hall–Kier alpha value is -1.80. The summed E-state index contributed by atoms with van der Waals surface area (Å²) < 4.78 is 32.5. The fourth-order valence-corrected chi connectivity index (χ4v) is 4.24. The van der Waals surface area contributed by atoms with Crippen LogP contribution in [0.5, 0.6) is 5.75 Å². The summed E-state index contributed by atoms with van der Waals surface area (Å²) in [6.07, 6.45) is 3.85. The number of benzene rings is 1. The Balaban J connectivity index is 2.34. The molecule has 7 nitrogen and oxygen atoms in total. The van der Waals surface area contributed by atoms with Gasteiger partial charge in [0, 0.05) is 13.1 Å². The summed E-state index contributed by atoms with van der Waals surface area (Å²) >= 11 is 0. The number of amides is 1. The third-order valence-corrected chi connectivity index (χ3v) is 6.07. The number of carbonyl (C=O) groups excluding carboxylic acids is 1. The van der Waals surface area contributed by atoms with Crippen molar-refractivity contribution in [2.45, 2.75) is 43.5 Å². The van der Waals surface area contributed by atoms with E-state index in [2.05, 4.69) is 5.32 Å². The minimum atomic E-state index is -3.57. The standard InChI is InChI=1S/C16H25N3O4S/c1-12(16(17)20)18-14-11-13(7-8-15(14)23-2)24(21,22)19-9-5-3-4-6-10-19/h7-8,11-12,18H,3-6,9-10H2,1-2H3,(H2,17,20). The van der Waals surface area contributed by atoms with Crippen LogP contribution >= 0.6 is 0 Å². The highest BCUT2D eigenvalue weighted by Crippen LogP contribution is 2.30. The van der Waals surface area contributed by atoms with Crippen molar-refractivity contribution in [3.05, 3.63) is 18.2 Å². The highest BCUT2D eigenvalue weighted by Gasteiger charge is 2.26. The summed E-state index contributed by atoms with van der Waals surface area (Å²) in [6.45, 7) is 2.68. The van der Waals surface area contributed by atoms with Crippen molar-refractivity contribution in [3.63, 3.8) is 0 Å². The van der Waals surface area contributed by atoms with E-state index in [1.54, 1.807) is 13.0 Å². The zero-order valence-electron chi connectivity index (χ0n) is 14.1. The summed E-state index contributed by atoms with van der Waals surface area (Å²) in [5, 5.41) is 2.91. The Morgan fingerprint density at radius 1 is 1.25 bits per heavy atom. The van der Waals surface area contributed by atoms with Crippen LogP contribution in [0, 0.1) is 0 Å². The molecule has 1 aliphatic rings. The van der Waals surface area contributed by atoms with Gasteiger partial charge in [-0.15, -0.1) is 0 Å². The number of sulfonamides is 1. The molecule has 2 rings (SSSR count). The molecule has 1 aliphatic heterocycles. The normalized spacial score (nSPS) is 17.8. The zero-order chi connectivity index (χ0) is 17.7. The fraction of sp³-hybridized carbons (Fsp3) is 0.562. The van der Waals surface area contributed by atoms with E-state index in [4.69, 9.17) is 10.5 Å². The minimum Gasteiger partial charge on any atom is -0.495 e. The van der Waals surface area contributed by atoms with Gasteiger partial charge in [0.1, 0.15) is 11.8 Å². The van der Waals surface area contributed by atoms with Crippen LogP contribution < -0.4 is 15.8 Å². The third kappa shape index (κ3) is 4.18. The van der Waals surface area contributed by atoms with Crippen LogP contribution in [0.1, 0.15) is 32.6 Å². The van der Waals surface area contributed by atoms with Crippen LogP contribution in [0.25, 0.3) is 0 Å². The molecule has 8 heteroatoms. The Kier molecular flexibility index (Phi) is 6.06. The first-order valence-electron chi connectivity index (χ1n) is 8.10. The number of nitrogens with two attached hydrogens (primary N) is 1. The molecular formula is C16H25N3O4S. The Morgan fingerprint density at radius 2 is 1.88 bits per heavy atom. The average Bonchev–Trinajstić information content (AvgIpc) is 2.84. The predicted octanol–water partition coefficient (Wildman–Crippen LogP) is 1.55. The van der Waals surface area contributed by atoms with Crippen molar-refractivity contribution in [1.82, 2.24) is 4.31 Å². The van der Waals surface area contributed by atoms with Gasteiger partial charge in [-0.1, -0.05) is 12.8 Å². The van der Waals surface area contributed by atoms with E-state index in [1.165, 1.54) is 23.5 Å². The molecule has 24 heavy (non-hydrogen) atoms. The van der Waals surface area contributed by atoms with Crippen molar-refractivity contribution in [3.8, 4) is 5.75 Å². The van der Waals surface area contributed by atoms with Gasteiger partial charge in [0.05, 0.1) is 17.7 Å². The van der Waals surface area contributed by atoms with E-state index in [1.807, 2.05) is 0 Å². The lowest BCUT2D eigenvalue weighted by molar-refractivity contribution is -0.118. The maximum absolute atomic E-state index is 12.9. The summed E-state index contributed by atoms with van der Waals surface area (Å²) in [4.78, 5) is 11.4. The molecule has 1 atom stereocenters. The maximum atomic E-state index is 12.9. The zero-order valence-corrected chi connectivity index (χ0v) is 14.9. The topological polar surface area (TPSA) is 102 Å². The highest BCUT2D eigenvalue weighted by atomic mass is 32.2. The van der Waals surface area contributed by atoms with Gasteiger partial charge in [-0.3, -0.25) is 4.79 Å². The fourth-order valence-electron chi connectivity index (χ4n) is 2.70. The molecule has 1 unspecified atom stereocenters. The first-order chi connectivity index (χ1) is 11.4. The molecule has 1 aromatic carbocycles. The first-order valence-corrected chi connectivity index (χ1v) is 9.54. The minimum absolute atomic E-state index is 0.185. The summed E-state index contributed by atoms with van der Waals surface area (Å²) in [7, 11) is -2.08. The second-order valence-electron chi connectivity index (χ2n) is 5.95. The van der Waals surface area contributed by atoms with E-state index in [-0.39, 0.29) is 4.90 Å². The van der Waals surface area contributed by atoms with Crippen molar-refractivity contribution < 1.29 is 17.9 Å². The van der Waals surface area contributed by atoms with Crippen LogP contribution in [0.3, 0.4) is 0 Å².